The zero-order valence-corrected chi connectivity index (χ0v) is 19.3. The molecule has 5 nitrogen and oxygen atoms in total. The molecule has 0 aliphatic carbocycles. The molecule has 30 heavy (non-hydrogen) atoms. The summed E-state index contributed by atoms with van der Waals surface area (Å²) in [5.41, 5.74) is 3.47. The summed E-state index contributed by atoms with van der Waals surface area (Å²) in [6.07, 6.45) is 1.76. The molecule has 3 rings (SSSR count). The molecule has 1 N–H and O–H groups in total. The summed E-state index contributed by atoms with van der Waals surface area (Å²) in [5, 5.41) is 3.01. The third-order valence-electron chi connectivity index (χ3n) is 5.78. The van der Waals surface area contributed by atoms with Crippen LogP contribution in [-0.4, -0.2) is 31.7 Å². The van der Waals surface area contributed by atoms with Crippen molar-refractivity contribution in [2.24, 2.45) is 0 Å². The van der Waals surface area contributed by atoms with Crippen molar-refractivity contribution in [1.82, 2.24) is 9.62 Å². The van der Waals surface area contributed by atoms with Crippen LogP contribution in [0.5, 0.6) is 0 Å². The minimum atomic E-state index is -3.56. The topological polar surface area (TPSA) is 66.5 Å². The zero-order chi connectivity index (χ0) is 22.1. The van der Waals surface area contributed by atoms with E-state index >= 15 is 0 Å². The van der Waals surface area contributed by atoms with E-state index in [0.29, 0.717) is 18.7 Å². The number of nitrogens with one attached hydrogen (secondary N) is 1. The first-order valence-corrected chi connectivity index (χ1v) is 12.0. The summed E-state index contributed by atoms with van der Waals surface area (Å²) in [4.78, 5) is 13.1. The first-order valence-electron chi connectivity index (χ1n) is 10.5. The summed E-state index contributed by atoms with van der Waals surface area (Å²) in [7, 11) is -3.56. The first-order chi connectivity index (χ1) is 14.0. The van der Waals surface area contributed by atoms with Crippen LogP contribution in [0.2, 0.25) is 0 Å². The molecular weight excluding hydrogens is 396 g/mol. The van der Waals surface area contributed by atoms with Crippen molar-refractivity contribution in [1.29, 1.82) is 0 Å². The molecule has 0 bridgehead atoms. The molecule has 1 heterocycles. The van der Waals surface area contributed by atoms with Gasteiger partial charge in [-0.05, 0) is 60.9 Å². The Morgan fingerprint density at radius 2 is 1.63 bits per heavy atom. The zero-order valence-electron chi connectivity index (χ0n) is 18.5. The molecule has 0 radical (unpaired) electrons. The van der Waals surface area contributed by atoms with Crippen molar-refractivity contribution >= 4 is 15.9 Å². The standard InChI is InChI=1S/C24H32N2O3S/c1-17-8-13-21(30(28,29)26-14-6-7-15-26)16-22(17)23(27)25-18(2)19-9-11-20(12-10-19)24(3,4)5/h8-13,16,18H,6-7,14-15H2,1-5H3,(H,25,27)/t18-/m0/s1. The Kier molecular flexibility index (Phi) is 6.39. The highest BCUT2D eigenvalue weighted by Crippen LogP contribution is 2.25. The minimum absolute atomic E-state index is 0.0728. The molecule has 0 aromatic heterocycles. The van der Waals surface area contributed by atoms with Crippen LogP contribution in [0.25, 0.3) is 0 Å². The number of aryl methyl sites for hydroxylation is 1. The lowest BCUT2D eigenvalue weighted by molar-refractivity contribution is 0.0939. The largest absolute Gasteiger partial charge is 0.346 e. The van der Waals surface area contributed by atoms with Crippen LogP contribution in [-0.2, 0) is 15.4 Å². The Balaban J connectivity index is 1.79. The van der Waals surface area contributed by atoms with Gasteiger partial charge in [0.15, 0.2) is 0 Å². The number of rotatable bonds is 5. The molecule has 162 valence electrons. The van der Waals surface area contributed by atoms with Gasteiger partial charge < -0.3 is 5.32 Å². The van der Waals surface area contributed by atoms with Gasteiger partial charge in [0.2, 0.25) is 10.0 Å². The van der Waals surface area contributed by atoms with E-state index in [1.54, 1.807) is 12.1 Å². The van der Waals surface area contributed by atoms with Crippen LogP contribution in [0.4, 0.5) is 0 Å². The van der Waals surface area contributed by atoms with Gasteiger partial charge >= 0.3 is 0 Å². The summed E-state index contributed by atoms with van der Waals surface area (Å²) >= 11 is 0. The maximum Gasteiger partial charge on any atom is 0.252 e. The normalized spacial score (nSPS) is 16.4. The molecule has 1 amide bonds. The summed E-state index contributed by atoms with van der Waals surface area (Å²) in [6.45, 7) is 11.3. The Bertz CT molecular complexity index is 1020. The van der Waals surface area contributed by atoms with E-state index in [1.165, 1.54) is 15.9 Å². The van der Waals surface area contributed by atoms with Crippen molar-refractivity contribution < 1.29 is 13.2 Å². The number of hydrogen-bond donors (Lipinski definition) is 1. The lowest BCUT2D eigenvalue weighted by Crippen LogP contribution is -2.29. The predicted molar refractivity (Wildman–Crippen MR) is 120 cm³/mol. The SMILES string of the molecule is Cc1ccc(S(=O)(=O)N2CCCC2)cc1C(=O)N[C@@H](C)c1ccc(C(C)(C)C)cc1. The quantitative estimate of drug-likeness (QED) is 0.759. The van der Waals surface area contributed by atoms with E-state index in [9.17, 15) is 13.2 Å². The third-order valence-corrected chi connectivity index (χ3v) is 7.68. The number of sulfonamides is 1. The van der Waals surface area contributed by atoms with Gasteiger partial charge in [-0.1, -0.05) is 51.1 Å². The molecule has 0 saturated carbocycles. The van der Waals surface area contributed by atoms with Crippen LogP contribution < -0.4 is 5.32 Å². The summed E-state index contributed by atoms with van der Waals surface area (Å²) in [6, 6.07) is 12.9. The fourth-order valence-electron chi connectivity index (χ4n) is 3.71. The van der Waals surface area contributed by atoms with Gasteiger partial charge in [-0.25, -0.2) is 8.42 Å². The smallest absolute Gasteiger partial charge is 0.252 e. The van der Waals surface area contributed by atoms with E-state index in [-0.39, 0.29) is 22.3 Å². The van der Waals surface area contributed by atoms with Gasteiger partial charge in [0.1, 0.15) is 0 Å². The first kappa shape index (κ1) is 22.5. The molecular formula is C24H32N2O3S. The number of amides is 1. The molecule has 1 aliphatic rings. The lowest BCUT2D eigenvalue weighted by Gasteiger charge is -2.21. The Morgan fingerprint density at radius 1 is 1.03 bits per heavy atom. The maximum absolute atomic E-state index is 13.0. The van der Waals surface area contributed by atoms with E-state index in [0.717, 1.165) is 24.0 Å². The Hall–Kier alpha value is -2.18. The van der Waals surface area contributed by atoms with Gasteiger partial charge in [-0.2, -0.15) is 4.31 Å². The number of benzene rings is 2. The van der Waals surface area contributed by atoms with Crippen LogP contribution in [0.1, 0.15) is 73.6 Å². The Morgan fingerprint density at radius 3 is 2.20 bits per heavy atom. The average Bonchev–Trinajstić information content (AvgIpc) is 3.23. The Labute approximate surface area is 180 Å². The molecule has 2 aromatic carbocycles. The van der Waals surface area contributed by atoms with E-state index in [1.807, 2.05) is 26.0 Å². The monoisotopic (exact) mass is 428 g/mol. The van der Waals surface area contributed by atoms with Crippen molar-refractivity contribution in [2.75, 3.05) is 13.1 Å². The van der Waals surface area contributed by atoms with Gasteiger partial charge in [0, 0.05) is 18.7 Å². The van der Waals surface area contributed by atoms with Gasteiger partial charge in [0.05, 0.1) is 10.9 Å². The second-order valence-corrected chi connectivity index (χ2v) is 11.1. The van der Waals surface area contributed by atoms with Crippen LogP contribution in [0.15, 0.2) is 47.4 Å². The van der Waals surface area contributed by atoms with Gasteiger partial charge in [0.25, 0.3) is 5.91 Å². The third kappa shape index (κ3) is 4.76. The van der Waals surface area contributed by atoms with Crippen molar-refractivity contribution in [3.8, 4) is 0 Å². The number of nitrogens with zero attached hydrogens (tertiary/aromatic N) is 1. The average molecular weight is 429 g/mol. The van der Waals surface area contributed by atoms with Crippen LogP contribution >= 0.6 is 0 Å². The van der Waals surface area contributed by atoms with Crippen LogP contribution in [0, 0.1) is 6.92 Å². The molecule has 6 heteroatoms. The summed E-state index contributed by atoms with van der Waals surface area (Å²) in [5.74, 6) is -0.265. The lowest BCUT2D eigenvalue weighted by atomic mass is 9.86. The number of hydrogen-bond acceptors (Lipinski definition) is 3. The number of carbonyl (C=O) groups excluding carboxylic acids is 1. The van der Waals surface area contributed by atoms with Gasteiger partial charge in [-0.15, -0.1) is 0 Å². The highest BCUT2D eigenvalue weighted by molar-refractivity contribution is 7.89. The fourth-order valence-corrected chi connectivity index (χ4v) is 5.26. The molecule has 1 aliphatic heterocycles. The fraction of sp³-hybridized carbons (Fsp3) is 0.458. The maximum atomic E-state index is 13.0. The van der Waals surface area contributed by atoms with Crippen molar-refractivity contribution in [3.05, 3.63) is 64.7 Å². The highest BCUT2D eigenvalue weighted by atomic mass is 32.2. The second-order valence-electron chi connectivity index (χ2n) is 9.16. The molecule has 0 unspecified atom stereocenters. The minimum Gasteiger partial charge on any atom is -0.346 e. The van der Waals surface area contributed by atoms with Crippen molar-refractivity contribution in [3.63, 3.8) is 0 Å². The van der Waals surface area contributed by atoms with Crippen LogP contribution in [0.3, 0.4) is 0 Å². The van der Waals surface area contributed by atoms with E-state index in [2.05, 4.69) is 38.2 Å². The van der Waals surface area contributed by atoms with E-state index in [4.69, 9.17) is 0 Å². The molecule has 2 aromatic rings. The van der Waals surface area contributed by atoms with Crippen molar-refractivity contribution in [2.45, 2.75) is 63.8 Å². The van der Waals surface area contributed by atoms with Gasteiger partial charge in [-0.3, -0.25) is 4.79 Å². The predicted octanol–water partition coefficient (Wildman–Crippen LogP) is 4.57. The highest BCUT2D eigenvalue weighted by Gasteiger charge is 2.28. The van der Waals surface area contributed by atoms with E-state index < -0.39 is 10.0 Å². The molecule has 0 spiro atoms. The molecule has 1 atom stereocenters. The molecule has 1 fully saturated rings. The molecule has 1 saturated heterocycles. The second kappa shape index (κ2) is 8.52. The summed E-state index contributed by atoms with van der Waals surface area (Å²) < 4.78 is 27.2. The number of carbonyl (C=O) groups is 1.